The summed E-state index contributed by atoms with van der Waals surface area (Å²) in [6.45, 7) is 1.52. The Labute approximate surface area is 124 Å². The molecule has 1 aromatic carbocycles. The zero-order valence-electron chi connectivity index (χ0n) is 12.1. The molecular weight excluding hydrogens is 268 g/mol. The zero-order valence-corrected chi connectivity index (χ0v) is 12.1. The minimum Gasteiger partial charge on any atom is -0.466 e. The third kappa shape index (κ3) is 2.60. The minimum absolute atomic E-state index is 0.150. The number of nitrogens with one attached hydrogen (secondary N) is 2. The van der Waals surface area contributed by atoms with Crippen LogP contribution in [0.3, 0.4) is 0 Å². The highest BCUT2D eigenvalue weighted by Crippen LogP contribution is 2.33. The van der Waals surface area contributed by atoms with Crippen molar-refractivity contribution < 1.29 is 14.3 Å². The van der Waals surface area contributed by atoms with Crippen LogP contribution in [0.2, 0.25) is 0 Å². The van der Waals surface area contributed by atoms with Crippen LogP contribution in [0.15, 0.2) is 24.3 Å². The van der Waals surface area contributed by atoms with Gasteiger partial charge in [0, 0.05) is 6.04 Å². The van der Waals surface area contributed by atoms with Crippen LogP contribution in [0.25, 0.3) is 0 Å². The monoisotopic (exact) mass is 288 g/mol. The molecule has 1 atom stereocenters. The average molecular weight is 288 g/mol. The molecule has 1 aliphatic heterocycles. The van der Waals surface area contributed by atoms with Gasteiger partial charge in [-0.3, -0.25) is 9.59 Å². The highest BCUT2D eigenvalue weighted by molar-refractivity contribution is 6.15. The van der Waals surface area contributed by atoms with E-state index in [1.54, 1.807) is 12.1 Å². The molecule has 2 amide bonds. The third-order valence-corrected chi connectivity index (χ3v) is 4.26. The second-order valence-corrected chi connectivity index (χ2v) is 5.89. The van der Waals surface area contributed by atoms with E-state index in [1.165, 1.54) is 13.3 Å². The Morgan fingerprint density at radius 2 is 2.00 bits per heavy atom. The fraction of sp³-hybridized carbons (Fsp3) is 0.500. The van der Waals surface area contributed by atoms with E-state index in [0.717, 1.165) is 25.7 Å². The van der Waals surface area contributed by atoms with Gasteiger partial charge in [0.25, 0.3) is 17.4 Å². The summed E-state index contributed by atoms with van der Waals surface area (Å²) in [7, 11) is 0. The maximum absolute atomic E-state index is 12.5. The van der Waals surface area contributed by atoms with Crippen LogP contribution in [-0.4, -0.2) is 23.5 Å². The first-order valence-corrected chi connectivity index (χ1v) is 7.50. The van der Waals surface area contributed by atoms with Crippen molar-refractivity contribution in [2.24, 2.45) is 0 Å². The fourth-order valence-corrected chi connectivity index (χ4v) is 2.89. The molecule has 5 heteroatoms. The van der Waals surface area contributed by atoms with E-state index in [9.17, 15) is 9.59 Å². The minimum atomic E-state index is -1.51. The van der Waals surface area contributed by atoms with Crippen molar-refractivity contribution in [3.63, 3.8) is 0 Å². The predicted molar refractivity (Wildman–Crippen MR) is 79.1 cm³/mol. The number of anilines is 1. The molecule has 0 aromatic heterocycles. The molecule has 2 N–H and O–H groups in total. The largest absolute Gasteiger partial charge is 0.466 e. The van der Waals surface area contributed by atoms with Gasteiger partial charge in [0.1, 0.15) is 5.75 Å². The van der Waals surface area contributed by atoms with Gasteiger partial charge in [0.05, 0.1) is 5.69 Å². The molecule has 2 aliphatic rings. The second-order valence-electron chi connectivity index (χ2n) is 5.89. The van der Waals surface area contributed by atoms with Crippen LogP contribution < -0.4 is 15.4 Å². The number of hydrogen-bond donors (Lipinski definition) is 2. The molecule has 0 bridgehead atoms. The Kier molecular flexibility index (Phi) is 3.57. The van der Waals surface area contributed by atoms with Crippen LogP contribution in [-0.2, 0) is 9.59 Å². The Bertz CT molecular complexity index is 566. The van der Waals surface area contributed by atoms with Crippen molar-refractivity contribution in [3.8, 4) is 5.75 Å². The number of para-hydroxylation sites is 2. The smallest absolute Gasteiger partial charge is 0.278 e. The van der Waals surface area contributed by atoms with Crippen LogP contribution in [0.5, 0.6) is 5.75 Å². The van der Waals surface area contributed by atoms with Crippen LogP contribution >= 0.6 is 0 Å². The average Bonchev–Trinajstić information content (AvgIpc) is 2.49. The molecule has 3 rings (SSSR count). The SMILES string of the molecule is CC1(C(=O)NC2CCCCC2)Oc2ccccc2NC1=O. The number of hydrogen-bond acceptors (Lipinski definition) is 3. The van der Waals surface area contributed by atoms with Crippen LogP contribution in [0, 0.1) is 0 Å². The van der Waals surface area contributed by atoms with Gasteiger partial charge in [-0.2, -0.15) is 0 Å². The number of amides is 2. The van der Waals surface area contributed by atoms with Gasteiger partial charge in [-0.15, -0.1) is 0 Å². The first kappa shape index (κ1) is 13.9. The first-order valence-electron chi connectivity index (χ1n) is 7.50. The van der Waals surface area contributed by atoms with E-state index >= 15 is 0 Å². The normalized spacial score (nSPS) is 25.5. The van der Waals surface area contributed by atoms with Crippen molar-refractivity contribution in [2.75, 3.05) is 5.32 Å². The van der Waals surface area contributed by atoms with Gasteiger partial charge in [-0.1, -0.05) is 31.4 Å². The molecule has 0 saturated heterocycles. The summed E-state index contributed by atoms with van der Waals surface area (Å²) in [5, 5.41) is 5.71. The lowest BCUT2D eigenvalue weighted by Crippen LogP contribution is -2.60. The van der Waals surface area contributed by atoms with Crippen molar-refractivity contribution in [2.45, 2.75) is 50.7 Å². The lowest BCUT2D eigenvalue weighted by atomic mass is 9.94. The maximum Gasteiger partial charge on any atom is 0.278 e. The molecule has 0 spiro atoms. The van der Waals surface area contributed by atoms with E-state index in [1.807, 2.05) is 12.1 Å². The van der Waals surface area contributed by atoms with Crippen molar-refractivity contribution in [1.82, 2.24) is 5.32 Å². The molecule has 21 heavy (non-hydrogen) atoms. The van der Waals surface area contributed by atoms with Gasteiger partial charge < -0.3 is 15.4 Å². The number of carbonyl (C=O) groups excluding carboxylic acids is 2. The standard InChI is InChI=1S/C16H20N2O3/c1-16(14(19)17-11-7-3-2-4-8-11)15(20)18-12-9-5-6-10-13(12)21-16/h5-6,9-11H,2-4,7-8H2,1H3,(H,17,19)(H,18,20). The van der Waals surface area contributed by atoms with E-state index in [-0.39, 0.29) is 11.9 Å². The summed E-state index contributed by atoms with van der Waals surface area (Å²) in [6.07, 6.45) is 5.41. The summed E-state index contributed by atoms with van der Waals surface area (Å²) in [4.78, 5) is 24.8. The van der Waals surface area contributed by atoms with Gasteiger partial charge >= 0.3 is 0 Å². The molecule has 5 nitrogen and oxygen atoms in total. The summed E-state index contributed by atoms with van der Waals surface area (Å²) < 4.78 is 5.71. The molecule has 1 fully saturated rings. The summed E-state index contributed by atoms with van der Waals surface area (Å²) in [5.74, 6) is -0.255. The molecule has 1 saturated carbocycles. The molecule has 1 aliphatic carbocycles. The predicted octanol–water partition coefficient (Wildman–Crippen LogP) is 2.23. The second kappa shape index (κ2) is 5.39. The number of ether oxygens (including phenoxy) is 1. The van der Waals surface area contributed by atoms with Gasteiger partial charge in [0.15, 0.2) is 0 Å². The zero-order chi connectivity index (χ0) is 14.9. The highest BCUT2D eigenvalue weighted by Gasteiger charge is 2.47. The van der Waals surface area contributed by atoms with Gasteiger partial charge in [-0.05, 0) is 31.9 Å². The van der Waals surface area contributed by atoms with Crippen molar-refractivity contribution in [1.29, 1.82) is 0 Å². The quantitative estimate of drug-likeness (QED) is 0.820. The molecule has 1 aromatic rings. The molecule has 112 valence electrons. The highest BCUT2D eigenvalue weighted by atomic mass is 16.5. The lowest BCUT2D eigenvalue weighted by Gasteiger charge is -2.35. The fourth-order valence-electron chi connectivity index (χ4n) is 2.89. The first-order chi connectivity index (χ1) is 10.1. The van der Waals surface area contributed by atoms with Crippen LogP contribution in [0.1, 0.15) is 39.0 Å². The van der Waals surface area contributed by atoms with Gasteiger partial charge in [-0.25, -0.2) is 0 Å². The number of benzene rings is 1. The lowest BCUT2D eigenvalue weighted by molar-refractivity contribution is -0.147. The summed E-state index contributed by atoms with van der Waals surface area (Å²) in [5.41, 5.74) is -0.906. The Hall–Kier alpha value is -2.04. The maximum atomic E-state index is 12.5. The summed E-state index contributed by atoms with van der Waals surface area (Å²) in [6, 6.07) is 7.28. The summed E-state index contributed by atoms with van der Waals surface area (Å²) >= 11 is 0. The van der Waals surface area contributed by atoms with Crippen LogP contribution in [0.4, 0.5) is 5.69 Å². The van der Waals surface area contributed by atoms with E-state index in [2.05, 4.69) is 10.6 Å². The third-order valence-electron chi connectivity index (χ3n) is 4.26. The number of rotatable bonds is 2. The van der Waals surface area contributed by atoms with Gasteiger partial charge in [0.2, 0.25) is 0 Å². The van der Waals surface area contributed by atoms with Crippen molar-refractivity contribution >= 4 is 17.5 Å². The topological polar surface area (TPSA) is 67.4 Å². The van der Waals surface area contributed by atoms with Crippen molar-refractivity contribution in [3.05, 3.63) is 24.3 Å². The Balaban J connectivity index is 1.76. The van der Waals surface area contributed by atoms with E-state index in [4.69, 9.17) is 4.74 Å². The Morgan fingerprint density at radius 1 is 1.29 bits per heavy atom. The van der Waals surface area contributed by atoms with E-state index in [0.29, 0.717) is 11.4 Å². The Morgan fingerprint density at radius 3 is 2.76 bits per heavy atom. The number of fused-ring (bicyclic) bond motifs is 1. The molecule has 0 radical (unpaired) electrons. The van der Waals surface area contributed by atoms with E-state index < -0.39 is 11.5 Å². The number of carbonyl (C=O) groups is 2. The molecule has 1 unspecified atom stereocenters. The molecular formula is C16H20N2O3. The molecule has 1 heterocycles.